The van der Waals surface area contributed by atoms with Gasteiger partial charge >= 0.3 is 0 Å². The fraction of sp³-hybridized carbons (Fsp3) is 0.949. The van der Waals surface area contributed by atoms with E-state index in [1.165, 1.54) is 244 Å². The van der Waals surface area contributed by atoms with E-state index in [9.17, 15) is 30.3 Å². The molecule has 1 amide bonds. The lowest BCUT2D eigenvalue weighted by Gasteiger charge is -2.40. The zero-order valence-electron chi connectivity index (χ0n) is 44.9. The quantitative estimate of drug-likeness (QED) is 0.0261. The maximum absolute atomic E-state index is 13.1. The van der Waals surface area contributed by atoms with Gasteiger partial charge in [-0.3, -0.25) is 4.79 Å². The van der Waals surface area contributed by atoms with Crippen LogP contribution in [0.25, 0.3) is 0 Å². The number of nitrogens with one attached hydrogen (secondary N) is 1. The van der Waals surface area contributed by atoms with Crippen LogP contribution in [-0.2, 0) is 14.3 Å². The van der Waals surface area contributed by atoms with Crippen LogP contribution in [0.5, 0.6) is 0 Å². The van der Waals surface area contributed by atoms with Crippen LogP contribution in [0.1, 0.15) is 303 Å². The van der Waals surface area contributed by atoms with Crippen LogP contribution in [-0.4, -0.2) is 87.5 Å². The minimum absolute atomic E-state index is 0.169. The normalized spacial score (nSPS) is 19.5. The Bertz CT molecular complexity index is 1080. The molecule has 1 heterocycles. The molecular formula is C59H115NO8. The van der Waals surface area contributed by atoms with E-state index >= 15 is 0 Å². The number of unbranched alkanes of at least 4 members (excludes halogenated alkanes) is 42. The van der Waals surface area contributed by atoms with E-state index in [1.807, 2.05) is 6.08 Å². The van der Waals surface area contributed by atoms with Crippen molar-refractivity contribution in [1.29, 1.82) is 0 Å². The smallest absolute Gasteiger partial charge is 0.220 e. The summed E-state index contributed by atoms with van der Waals surface area (Å²) in [6, 6.07) is -0.800. The molecule has 0 aliphatic carbocycles. The van der Waals surface area contributed by atoms with Crippen molar-refractivity contribution in [2.75, 3.05) is 13.2 Å². The molecular weight excluding hydrogens is 851 g/mol. The van der Waals surface area contributed by atoms with E-state index in [2.05, 4.69) is 19.2 Å². The molecule has 0 aromatic carbocycles. The van der Waals surface area contributed by atoms with Gasteiger partial charge in [0.1, 0.15) is 24.4 Å². The maximum atomic E-state index is 13.1. The zero-order chi connectivity index (χ0) is 49.4. The average molecular weight is 967 g/mol. The Kier molecular flexibility index (Phi) is 47.3. The fourth-order valence-electron chi connectivity index (χ4n) is 9.87. The summed E-state index contributed by atoms with van der Waals surface area (Å²) in [7, 11) is 0. The summed E-state index contributed by atoms with van der Waals surface area (Å²) in [5, 5.41) is 54.6. The number of hydrogen-bond donors (Lipinski definition) is 6. The van der Waals surface area contributed by atoms with Crippen molar-refractivity contribution in [3.63, 3.8) is 0 Å². The van der Waals surface area contributed by atoms with Crippen molar-refractivity contribution in [2.45, 2.75) is 346 Å². The van der Waals surface area contributed by atoms with Crippen molar-refractivity contribution in [3.8, 4) is 0 Å². The van der Waals surface area contributed by atoms with E-state index < -0.39 is 49.5 Å². The molecule has 0 bridgehead atoms. The predicted molar refractivity (Wildman–Crippen MR) is 286 cm³/mol. The van der Waals surface area contributed by atoms with Gasteiger partial charge in [0.15, 0.2) is 6.29 Å². The summed E-state index contributed by atoms with van der Waals surface area (Å²) in [6.07, 6.45) is 54.2. The third-order valence-electron chi connectivity index (χ3n) is 14.6. The number of aliphatic hydroxyl groups is 5. The largest absolute Gasteiger partial charge is 0.394 e. The number of rotatable bonds is 52. The predicted octanol–water partition coefficient (Wildman–Crippen LogP) is 14.8. The molecule has 1 fully saturated rings. The molecule has 9 heteroatoms. The molecule has 0 spiro atoms. The summed E-state index contributed by atoms with van der Waals surface area (Å²) >= 11 is 0. The molecule has 0 aromatic heterocycles. The van der Waals surface area contributed by atoms with Crippen LogP contribution >= 0.6 is 0 Å². The van der Waals surface area contributed by atoms with Crippen LogP contribution in [0, 0.1) is 0 Å². The van der Waals surface area contributed by atoms with Crippen molar-refractivity contribution in [3.05, 3.63) is 12.2 Å². The van der Waals surface area contributed by atoms with Gasteiger partial charge in [-0.05, 0) is 19.3 Å². The fourth-order valence-corrected chi connectivity index (χ4v) is 9.87. The van der Waals surface area contributed by atoms with E-state index in [4.69, 9.17) is 9.47 Å². The number of allylic oxidation sites excluding steroid dienone is 1. The van der Waals surface area contributed by atoms with Crippen LogP contribution in [0.2, 0.25) is 0 Å². The summed E-state index contributed by atoms with van der Waals surface area (Å²) in [5.74, 6) is -0.169. The summed E-state index contributed by atoms with van der Waals surface area (Å²) < 4.78 is 11.3. The molecule has 7 unspecified atom stereocenters. The SMILES string of the molecule is CCCCCCCCCCCCCCCCCCCCCCCCC/C=C/C(O)C(COC1OC(CO)C(O)C(O)C1O)NC(=O)CCCCCCCCCCCCCCCCCCCCCC. The summed E-state index contributed by atoms with van der Waals surface area (Å²) in [4.78, 5) is 13.1. The van der Waals surface area contributed by atoms with E-state index in [0.29, 0.717) is 6.42 Å². The van der Waals surface area contributed by atoms with Crippen molar-refractivity contribution < 1.29 is 39.8 Å². The highest BCUT2D eigenvalue weighted by molar-refractivity contribution is 5.76. The summed E-state index contributed by atoms with van der Waals surface area (Å²) in [5.41, 5.74) is 0. The number of carbonyl (C=O) groups excluding carboxylic acids is 1. The van der Waals surface area contributed by atoms with Crippen molar-refractivity contribution >= 4 is 5.91 Å². The van der Waals surface area contributed by atoms with Gasteiger partial charge in [-0.15, -0.1) is 0 Å². The van der Waals surface area contributed by atoms with Gasteiger partial charge in [-0.2, -0.15) is 0 Å². The molecule has 9 nitrogen and oxygen atoms in total. The number of aliphatic hydroxyl groups excluding tert-OH is 5. The highest BCUT2D eigenvalue weighted by Gasteiger charge is 2.44. The molecule has 1 rings (SSSR count). The second kappa shape index (κ2) is 49.5. The molecule has 6 N–H and O–H groups in total. The molecule has 1 saturated heterocycles. The van der Waals surface area contributed by atoms with Crippen LogP contribution < -0.4 is 5.32 Å². The van der Waals surface area contributed by atoms with Gasteiger partial charge in [-0.25, -0.2) is 0 Å². The first kappa shape index (κ1) is 64.9. The molecule has 1 aliphatic rings. The number of carbonyl (C=O) groups is 1. The zero-order valence-corrected chi connectivity index (χ0v) is 44.9. The Hall–Kier alpha value is -1.07. The van der Waals surface area contributed by atoms with Gasteiger partial charge < -0.3 is 40.3 Å². The Morgan fingerprint density at radius 2 is 0.809 bits per heavy atom. The minimum Gasteiger partial charge on any atom is -0.394 e. The van der Waals surface area contributed by atoms with Crippen LogP contribution in [0.15, 0.2) is 12.2 Å². The van der Waals surface area contributed by atoms with E-state index in [0.717, 1.165) is 38.5 Å². The second-order valence-electron chi connectivity index (χ2n) is 21.2. The summed E-state index contributed by atoms with van der Waals surface area (Å²) in [6.45, 7) is 3.83. The molecule has 68 heavy (non-hydrogen) atoms. The first-order chi connectivity index (χ1) is 33.3. The number of hydrogen-bond acceptors (Lipinski definition) is 8. The van der Waals surface area contributed by atoms with Gasteiger partial charge in [-0.1, -0.05) is 289 Å². The highest BCUT2D eigenvalue weighted by Crippen LogP contribution is 2.23. The lowest BCUT2D eigenvalue weighted by atomic mass is 9.99. The average Bonchev–Trinajstić information content (AvgIpc) is 3.34. The van der Waals surface area contributed by atoms with Crippen LogP contribution in [0.4, 0.5) is 0 Å². The standard InChI is InChI=1S/C59H115NO8/c1-3-5-7-9-11-13-15-17-19-21-23-25-26-27-28-29-30-32-34-36-38-40-42-44-46-48-53(62)52(51-67-59-58(66)57(65)56(64)54(50-61)68-59)60-55(63)49-47-45-43-41-39-37-35-33-31-24-22-20-18-16-14-12-10-8-6-4-2/h46,48,52-54,56-59,61-62,64-66H,3-45,47,49-51H2,1-2H3,(H,60,63)/b48-46+. The first-order valence-electron chi connectivity index (χ1n) is 29.9. The lowest BCUT2D eigenvalue weighted by Crippen LogP contribution is -2.60. The highest BCUT2D eigenvalue weighted by atomic mass is 16.7. The van der Waals surface area contributed by atoms with Gasteiger partial charge in [0.2, 0.25) is 5.91 Å². The topological polar surface area (TPSA) is 149 Å². The number of amides is 1. The molecule has 0 aromatic rings. The van der Waals surface area contributed by atoms with E-state index in [1.54, 1.807) is 6.08 Å². The molecule has 1 aliphatic heterocycles. The maximum Gasteiger partial charge on any atom is 0.220 e. The minimum atomic E-state index is -1.56. The molecule has 7 atom stereocenters. The molecule has 0 radical (unpaired) electrons. The third-order valence-corrected chi connectivity index (χ3v) is 14.6. The number of ether oxygens (including phenoxy) is 2. The second-order valence-corrected chi connectivity index (χ2v) is 21.2. The Morgan fingerprint density at radius 3 is 1.15 bits per heavy atom. The van der Waals surface area contributed by atoms with Crippen LogP contribution in [0.3, 0.4) is 0 Å². The van der Waals surface area contributed by atoms with E-state index in [-0.39, 0.29) is 12.5 Å². The van der Waals surface area contributed by atoms with Gasteiger partial charge in [0.05, 0.1) is 25.4 Å². The molecule has 0 saturated carbocycles. The first-order valence-corrected chi connectivity index (χ1v) is 29.9. The lowest BCUT2D eigenvalue weighted by molar-refractivity contribution is -0.302. The Morgan fingerprint density at radius 1 is 0.485 bits per heavy atom. The Balaban J connectivity index is 2.20. The Labute approximate surface area is 420 Å². The third kappa shape index (κ3) is 38.6. The van der Waals surface area contributed by atoms with Gasteiger partial charge in [0.25, 0.3) is 0 Å². The monoisotopic (exact) mass is 966 g/mol. The van der Waals surface area contributed by atoms with Crippen molar-refractivity contribution in [2.24, 2.45) is 0 Å². The van der Waals surface area contributed by atoms with Gasteiger partial charge in [0, 0.05) is 6.42 Å². The van der Waals surface area contributed by atoms with Crippen molar-refractivity contribution in [1.82, 2.24) is 5.32 Å². The molecule has 404 valence electrons.